The average molecular weight is 211 g/mol. The van der Waals surface area contributed by atoms with Crippen molar-refractivity contribution in [2.45, 2.75) is 13.0 Å². The molecule has 80 valence electrons. The lowest BCUT2D eigenvalue weighted by Gasteiger charge is -2.17. The molecule has 0 aliphatic rings. The van der Waals surface area contributed by atoms with E-state index < -0.39 is 23.9 Å². The van der Waals surface area contributed by atoms with Crippen molar-refractivity contribution in [3.63, 3.8) is 0 Å². The third kappa shape index (κ3) is 3.05. The summed E-state index contributed by atoms with van der Waals surface area (Å²) in [5.74, 6) is -2.79. The number of carbonyl (C=O) groups excluding carboxylic acids is 2. The maximum absolute atomic E-state index is 12.5. The first kappa shape index (κ1) is 11.2. The fraction of sp³-hybridized carbons (Fsp3) is 0.200. The Morgan fingerprint density at radius 1 is 1.33 bits per heavy atom. The Hall–Kier alpha value is -1.91. The van der Waals surface area contributed by atoms with Crippen molar-refractivity contribution >= 4 is 11.9 Å². The van der Waals surface area contributed by atoms with Crippen molar-refractivity contribution in [1.29, 1.82) is 0 Å². The fourth-order valence-electron chi connectivity index (χ4n) is 1.06. The van der Waals surface area contributed by atoms with Gasteiger partial charge in [0.15, 0.2) is 6.10 Å². The Balaban J connectivity index is 2.94. The molecule has 5 heteroatoms. The zero-order chi connectivity index (χ0) is 11.4. The van der Waals surface area contributed by atoms with E-state index in [-0.39, 0.29) is 5.56 Å². The van der Waals surface area contributed by atoms with Crippen LogP contribution in [0.2, 0.25) is 0 Å². The number of rotatable bonds is 3. The Morgan fingerprint density at radius 3 is 2.27 bits per heavy atom. The Kier molecular flexibility index (Phi) is 3.38. The van der Waals surface area contributed by atoms with Gasteiger partial charge in [0.25, 0.3) is 0 Å². The van der Waals surface area contributed by atoms with E-state index in [4.69, 9.17) is 0 Å². The van der Waals surface area contributed by atoms with E-state index in [1.165, 1.54) is 12.1 Å². The molecule has 0 fully saturated rings. The summed E-state index contributed by atoms with van der Waals surface area (Å²) >= 11 is 0. The highest BCUT2D eigenvalue weighted by Crippen LogP contribution is 2.17. The van der Waals surface area contributed by atoms with E-state index in [1.54, 1.807) is 0 Å². The Morgan fingerprint density at radius 2 is 1.87 bits per heavy atom. The minimum absolute atomic E-state index is 0.159. The summed E-state index contributed by atoms with van der Waals surface area (Å²) in [5, 5.41) is 10.6. The first-order chi connectivity index (χ1) is 7.00. The van der Waals surface area contributed by atoms with Crippen LogP contribution in [-0.4, -0.2) is 11.9 Å². The maximum atomic E-state index is 12.5. The van der Waals surface area contributed by atoms with Gasteiger partial charge in [0.1, 0.15) is 5.82 Å². The molecular weight excluding hydrogens is 203 g/mol. The summed E-state index contributed by atoms with van der Waals surface area (Å²) < 4.78 is 17.1. The molecule has 15 heavy (non-hydrogen) atoms. The number of carboxylic acids is 1. The highest BCUT2D eigenvalue weighted by Gasteiger charge is 2.15. The lowest BCUT2D eigenvalue weighted by Crippen LogP contribution is -2.32. The highest BCUT2D eigenvalue weighted by molar-refractivity contribution is 5.77. The number of ether oxygens (including phenoxy) is 1. The molecule has 0 spiro atoms. The third-order valence-corrected chi connectivity index (χ3v) is 1.67. The van der Waals surface area contributed by atoms with E-state index >= 15 is 0 Å². The van der Waals surface area contributed by atoms with Gasteiger partial charge in [-0.05, 0) is 17.7 Å². The summed E-state index contributed by atoms with van der Waals surface area (Å²) in [6.45, 7) is 1.08. The van der Waals surface area contributed by atoms with Crippen LogP contribution in [0.3, 0.4) is 0 Å². The minimum Gasteiger partial charge on any atom is -0.546 e. The number of carboxylic acid groups (broad SMARTS) is 1. The molecule has 0 aromatic heterocycles. The number of carbonyl (C=O) groups is 2. The molecule has 0 heterocycles. The van der Waals surface area contributed by atoms with E-state index in [0.29, 0.717) is 0 Å². The lowest BCUT2D eigenvalue weighted by atomic mass is 10.1. The second kappa shape index (κ2) is 4.54. The smallest absolute Gasteiger partial charge is 0.303 e. The van der Waals surface area contributed by atoms with Crippen LogP contribution >= 0.6 is 0 Å². The molecule has 1 aromatic carbocycles. The van der Waals surface area contributed by atoms with Gasteiger partial charge in [0, 0.05) is 6.92 Å². The molecule has 1 atom stereocenters. The number of hydrogen-bond acceptors (Lipinski definition) is 4. The first-order valence-corrected chi connectivity index (χ1v) is 4.14. The van der Waals surface area contributed by atoms with Crippen molar-refractivity contribution in [3.8, 4) is 0 Å². The van der Waals surface area contributed by atoms with Crippen LogP contribution in [-0.2, 0) is 14.3 Å². The molecule has 0 unspecified atom stereocenters. The third-order valence-electron chi connectivity index (χ3n) is 1.67. The Labute approximate surface area is 85.3 Å². The number of halogens is 1. The van der Waals surface area contributed by atoms with Gasteiger partial charge in [-0.25, -0.2) is 4.39 Å². The zero-order valence-electron chi connectivity index (χ0n) is 7.90. The van der Waals surface area contributed by atoms with Gasteiger partial charge >= 0.3 is 5.97 Å². The van der Waals surface area contributed by atoms with Gasteiger partial charge < -0.3 is 14.6 Å². The largest absolute Gasteiger partial charge is 0.546 e. The van der Waals surface area contributed by atoms with Gasteiger partial charge in [0.2, 0.25) is 0 Å². The standard InChI is InChI=1S/C10H9FO4/c1-6(12)15-9(10(13)14)7-2-4-8(11)5-3-7/h2-5,9H,1H3,(H,13,14)/p-1/t9-/m0/s1. The monoisotopic (exact) mass is 211 g/mol. The minimum atomic E-state index is -1.54. The predicted molar refractivity (Wildman–Crippen MR) is 45.9 cm³/mol. The summed E-state index contributed by atoms with van der Waals surface area (Å²) in [6.07, 6.45) is -1.50. The molecule has 0 aliphatic carbocycles. The first-order valence-electron chi connectivity index (χ1n) is 4.14. The molecule has 0 N–H and O–H groups in total. The number of benzene rings is 1. The molecule has 0 radical (unpaired) electrons. The number of hydrogen-bond donors (Lipinski definition) is 0. The second-order valence-corrected chi connectivity index (χ2v) is 2.86. The molecule has 0 saturated heterocycles. The quantitative estimate of drug-likeness (QED) is 0.669. The normalized spacial score (nSPS) is 11.9. The van der Waals surface area contributed by atoms with E-state index in [2.05, 4.69) is 4.74 Å². The van der Waals surface area contributed by atoms with Crippen LogP contribution < -0.4 is 5.11 Å². The topological polar surface area (TPSA) is 66.4 Å². The van der Waals surface area contributed by atoms with Crippen LogP contribution in [0, 0.1) is 5.82 Å². The molecule has 4 nitrogen and oxygen atoms in total. The van der Waals surface area contributed by atoms with Crippen molar-refractivity contribution in [1.82, 2.24) is 0 Å². The number of esters is 1. The van der Waals surface area contributed by atoms with Gasteiger partial charge in [-0.1, -0.05) is 12.1 Å². The molecule has 0 amide bonds. The van der Waals surface area contributed by atoms with Crippen LogP contribution in [0.15, 0.2) is 24.3 Å². The van der Waals surface area contributed by atoms with Crippen molar-refractivity contribution in [2.75, 3.05) is 0 Å². The second-order valence-electron chi connectivity index (χ2n) is 2.86. The molecule has 0 bridgehead atoms. The molecule has 0 aliphatic heterocycles. The van der Waals surface area contributed by atoms with Gasteiger partial charge in [-0.15, -0.1) is 0 Å². The fourth-order valence-corrected chi connectivity index (χ4v) is 1.06. The highest BCUT2D eigenvalue weighted by atomic mass is 19.1. The van der Waals surface area contributed by atoms with Crippen molar-refractivity contribution < 1.29 is 23.8 Å². The predicted octanol–water partition coefficient (Wildman–Crippen LogP) is 0.180. The molecular formula is C10H8FO4-. The summed E-state index contributed by atoms with van der Waals surface area (Å²) in [7, 11) is 0. The van der Waals surface area contributed by atoms with Gasteiger partial charge in [-0.2, -0.15) is 0 Å². The van der Waals surface area contributed by atoms with Crippen LogP contribution in [0.25, 0.3) is 0 Å². The summed E-state index contributed by atoms with van der Waals surface area (Å²) in [4.78, 5) is 21.2. The maximum Gasteiger partial charge on any atom is 0.303 e. The number of aliphatic carboxylic acids is 1. The van der Waals surface area contributed by atoms with E-state index in [1.807, 2.05) is 0 Å². The van der Waals surface area contributed by atoms with Crippen LogP contribution in [0.1, 0.15) is 18.6 Å². The van der Waals surface area contributed by atoms with Gasteiger partial charge in [0.05, 0.1) is 5.97 Å². The average Bonchev–Trinajstić information content (AvgIpc) is 2.15. The summed E-state index contributed by atoms with van der Waals surface area (Å²) in [6, 6.07) is 4.60. The van der Waals surface area contributed by atoms with Crippen LogP contribution in [0.5, 0.6) is 0 Å². The van der Waals surface area contributed by atoms with E-state index in [0.717, 1.165) is 19.1 Å². The zero-order valence-corrected chi connectivity index (χ0v) is 7.90. The molecule has 1 rings (SSSR count). The van der Waals surface area contributed by atoms with Crippen molar-refractivity contribution in [3.05, 3.63) is 35.6 Å². The summed E-state index contributed by atoms with van der Waals surface area (Å²) in [5.41, 5.74) is 0.159. The molecule has 0 saturated carbocycles. The van der Waals surface area contributed by atoms with E-state index in [9.17, 15) is 19.1 Å². The van der Waals surface area contributed by atoms with Gasteiger partial charge in [-0.3, -0.25) is 4.79 Å². The lowest BCUT2D eigenvalue weighted by molar-refractivity contribution is -0.316. The Bertz CT molecular complexity index is 372. The molecule has 1 aromatic rings. The SMILES string of the molecule is CC(=O)O[C@H](C(=O)[O-])c1ccc(F)cc1. The van der Waals surface area contributed by atoms with Crippen LogP contribution in [0.4, 0.5) is 4.39 Å². The van der Waals surface area contributed by atoms with Crippen molar-refractivity contribution in [2.24, 2.45) is 0 Å².